The van der Waals surface area contributed by atoms with E-state index in [0.717, 1.165) is 5.56 Å². The van der Waals surface area contributed by atoms with Crippen molar-refractivity contribution in [3.05, 3.63) is 58.3 Å². The van der Waals surface area contributed by atoms with Gasteiger partial charge in [-0.1, -0.05) is 35.3 Å². The maximum Gasteiger partial charge on any atom is 0.243 e. The van der Waals surface area contributed by atoms with Gasteiger partial charge in [0.05, 0.1) is 0 Å². The quantitative estimate of drug-likeness (QED) is 0.882. The largest absolute Gasteiger partial charge is 0.243 e. The summed E-state index contributed by atoms with van der Waals surface area (Å²) in [5.74, 6) is 0. The molecule has 1 aromatic heterocycles. The summed E-state index contributed by atoms with van der Waals surface area (Å²) in [7, 11) is -3.69. The van der Waals surface area contributed by atoms with E-state index >= 15 is 0 Å². The van der Waals surface area contributed by atoms with Crippen LogP contribution in [-0.2, 0) is 16.6 Å². The van der Waals surface area contributed by atoms with E-state index in [1.54, 1.807) is 24.3 Å². The second-order valence-corrected chi connectivity index (χ2v) is 6.28. The molecule has 0 aliphatic rings. The minimum Gasteiger partial charge on any atom is -0.243 e. The maximum atomic E-state index is 12.0. The highest BCUT2D eigenvalue weighted by molar-refractivity contribution is 7.89. The van der Waals surface area contributed by atoms with Crippen LogP contribution in [0.3, 0.4) is 0 Å². The van der Waals surface area contributed by atoms with Gasteiger partial charge < -0.3 is 0 Å². The molecule has 0 atom stereocenters. The van der Waals surface area contributed by atoms with E-state index in [1.165, 1.54) is 18.3 Å². The molecule has 0 fully saturated rings. The van der Waals surface area contributed by atoms with Crippen LogP contribution in [0.25, 0.3) is 0 Å². The smallest absolute Gasteiger partial charge is 0.243 e. The number of pyridine rings is 1. The summed E-state index contributed by atoms with van der Waals surface area (Å²) in [5, 5.41) is 0.497. The summed E-state index contributed by atoms with van der Waals surface area (Å²) in [6.45, 7) is 0.133. The van der Waals surface area contributed by atoms with Crippen molar-refractivity contribution >= 4 is 33.2 Å². The fraction of sp³-hybridized carbons (Fsp3) is 0.0833. The standard InChI is InChI=1S/C12H10Cl2N2O2S/c13-10-4-1-3-9(7-10)8-16-19(17,18)11-5-2-6-15-12(11)14/h1-7,16H,8H2. The first kappa shape index (κ1) is 14.3. The lowest BCUT2D eigenvalue weighted by Crippen LogP contribution is -2.23. The van der Waals surface area contributed by atoms with Gasteiger partial charge in [0.15, 0.2) is 0 Å². The van der Waals surface area contributed by atoms with E-state index in [0.29, 0.717) is 5.02 Å². The lowest BCUT2D eigenvalue weighted by atomic mass is 10.2. The van der Waals surface area contributed by atoms with Gasteiger partial charge in [-0.3, -0.25) is 0 Å². The molecule has 0 saturated heterocycles. The Morgan fingerprint density at radius 3 is 2.63 bits per heavy atom. The first-order valence-electron chi connectivity index (χ1n) is 5.34. The van der Waals surface area contributed by atoms with Gasteiger partial charge in [0, 0.05) is 17.8 Å². The Morgan fingerprint density at radius 2 is 1.95 bits per heavy atom. The predicted molar refractivity (Wildman–Crippen MR) is 74.7 cm³/mol. The Kier molecular flexibility index (Phi) is 4.42. The fourth-order valence-electron chi connectivity index (χ4n) is 1.47. The SMILES string of the molecule is O=S(=O)(NCc1cccc(Cl)c1)c1cccnc1Cl. The van der Waals surface area contributed by atoms with Crippen LogP contribution in [0.5, 0.6) is 0 Å². The van der Waals surface area contributed by atoms with Crippen molar-refractivity contribution in [3.63, 3.8) is 0 Å². The normalized spacial score (nSPS) is 11.5. The minimum atomic E-state index is -3.69. The van der Waals surface area contributed by atoms with Crippen LogP contribution >= 0.6 is 23.2 Å². The molecule has 2 rings (SSSR count). The molecule has 0 saturated carbocycles. The Bertz CT molecular complexity index is 690. The minimum absolute atomic E-state index is 0.0429. The zero-order valence-corrected chi connectivity index (χ0v) is 12.0. The van der Waals surface area contributed by atoms with Gasteiger partial charge in [0.25, 0.3) is 0 Å². The summed E-state index contributed by atoms with van der Waals surface area (Å²) >= 11 is 11.6. The molecule has 0 unspecified atom stereocenters. The molecule has 100 valence electrons. The number of aromatic nitrogens is 1. The van der Waals surface area contributed by atoms with Crippen LogP contribution in [-0.4, -0.2) is 13.4 Å². The van der Waals surface area contributed by atoms with Crippen LogP contribution in [0.2, 0.25) is 10.2 Å². The zero-order valence-electron chi connectivity index (χ0n) is 9.68. The third-order valence-electron chi connectivity index (χ3n) is 2.37. The molecule has 7 heteroatoms. The monoisotopic (exact) mass is 316 g/mol. The number of rotatable bonds is 4. The second-order valence-electron chi connectivity index (χ2n) is 3.75. The average Bonchev–Trinajstić information content (AvgIpc) is 2.37. The van der Waals surface area contributed by atoms with E-state index in [4.69, 9.17) is 23.2 Å². The second kappa shape index (κ2) is 5.88. The van der Waals surface area contributed by atoms with Crippen molar-refractivity contribution in [1.82, 2.24) is 9.71 Å². The number of nitrogens with one attached hydrogen (secondary N) is 1. The first-order chi connectivity index (χ1) is 8.99. The lowest BCUT2D eigenvalue weighted by molar-refractivity contribution is 0.581. The van der Waals surface area contributed by atoms with Crippen molar-refractivity contribution in [2.24, 2.45) is 0 Å². The Morgan fingerprint density at radius 1 is 1.16 bits per heavy atom. The van der Waals surface area contributed by atoms with Gasteiger partial charge in [-0.25, -0.2) is 18.1 Å². The van der Waals surface area contributed by atoms with Crippen LogP contribution in [0.15, 0.2) is 47.5 Å². The van der Waals surface area contributed by atoms with E-state index in [-0.39, 0.29) is 16.6 Å². The number of hydrogen-bond acceptors (Lipinski definition) is 3. The molecule has 0 aliphatic heterocycles. The van der Waals surface area contributed by atoms with Gasteiger partial charge in [-0.2, -0.15) is 0 Å². The third kappa shape index (κ3) is 3.67. The van der Waals surface area contributed by atoms with Crippen LogP contribution in [0, 0.1) is 0 Å². The molecule has 4 nitrogen and oxygen atoms in total. The van der Waals surface area contributed by atoms with Crippen molar-refractivity contribution in [1.29, 1.82) is 0 Å². The summed E-state index contributed by atoms with van der Waals surface area (Å²) in [6, 6.07) is 9.85. The van der Waals surface area contributed by atoms with Crippen molar-refractivity contribution in [3.8, 4) is 0 Å². The van der Waals surface area contributed by atoms with E-state index in [2.05, 4.69) is 9.71 Å². The van der Waals surface area contributed by atoms with Crippen LogP contribution < -0.4 is 4.72 Å². The molecule has 19 heavy (non-hydrogen) atoms. The van der Waals surface area contributed by atoms with E-state index < -0.39 is 10.0 Å². The van der Waals surface area contributed by atoms with Gasteiger partial charge >= 0.3 is 0 Å². The van der Waals surface area contributed by atoms with Crippen LogP contribution in [0.4, 0.5) is 0 Å². The molecular formula is C12H10Cl2N2O2S. The average molecular weight is 317 g/mol. The number of hydrogen-bond donors (Lipinski definition) is 1. The Labute approximate surface area is 121 Å². The van der Waals surface area contributed by atoms with Crippen LogP contribution in [0.1, 0.15) is 5.56 Å². The Balaban J connectivity index is 2.17. The first-order valence-corrected chi connectivity index (χ1v) is 7.57. The molecule has 0 radical (unpaired) electrons. The predicted octanol–water partition coefficient (Wildman–Crippen LogP) is 2.87. The highest BCUT2D eigenvalue weighted by atomic mass is 35.5. The van der Waals surface area contributed by atoms with Gasteiger partial charge in [0.1, 0.15) is 10.0 Å². The maximum absolute atomic E-state index is 12.0. The lowest BCUT2D eigenvalue weighted by Gasteiger charge is -2.07. The highest BCUT2D eigenvalue weighted by Crippen LogP contribution is 2.18. The number of benzene rings is 1. The van der Waals surface area contributed by atoms with Gasteiger partial charge in [0.2, 0.25) is 10.0 Å². The van der Waals surface area contributed by atoms with E-state index in [1.807, 2.05) is 0 Å². The number of nitrogens with zero attached hydrogens (tertiary/aromatic N) is 1. The molecule has 0 spiro atoms. The highest BCUT2D eigenvalue weighted by Gasteiger charge is 2.17. The third-order valence-corrected chi connectivity index (χ3v) is 4.45. The molecule has 2 aromatic rings. The molecule has 1 N–H and O–H groups in total. The van der Waals surface area contributed by atoms with Gasteiger partial charge in [-0.15, -0.1) is 0 Å². The zero-order chi connectivity index (χ0) is 13.9. The summed E-state index contributed by atoms with van der Waals surface area (Å²) < 4.78 is 26.5. The summed E-state index contributed by atoms with van der Waals surface area (Å²) in [6.07, 6.45) is 1.43. The number of sulfonamides is 1. The summed E-state index contributed by atoms with van der Waals surface area (Å²) in [5.41, 5.74) is 0.760. The molecular weight excluding hydrogens is 307 g/mol. The molecule has 1 aromatic carbocycles. The van der Waals surface area contributed by atoms with Crippen molar-refractivity contribution in [2.45, 2.75) is 11.4 Å². The molecule has 0 bridgehead atoms. The van der Waals surface area contributed by atoms with Gasteiger partial charge in [-0.05, 0) is 29.8 Å². The van der Waals surface area contributed by atoms with Crippen molar-refractivity contribution in [2.75, 3.05) is 0 Å². The fourth-order valence-corrected chi connectivity index (χ4v) is 3.16. The molecule has 0 amide bonds. The summed E-state index contributed by atoms with van der Waals surface area (Å²) in [4.78, 5) is 3.70. The Hall–Kier alpha value is -1.14. The molecule has 0 aliphatic carbocycles. The topological polar surface area (TPSA) is 59.1 Å². The van der Waals surface area contributed by atoms with E-state index in [9.17, 15) is 8.42 Å². The number of halogens is 2. The molecule has 1 heterocycles. The van der Waals surface area contributed by atoms with Crippen molar-refractivity contribution < 1.29 is 8.42 Å².